The summed E-state index contributed by atoms with van der Waals surface area (Å²) in [4.78, 5) is 0. The molecule has 0 amide bonds. The van der Waals surface area contributed by atoms with E-state index >= 15 is 0 Å². The van der Waals surface area contributed by atoms with Crippen LogP contribution in [0.4, 0.5) is 0 Å². The van der Waals surface area contributed by atoms with Gasteiger partial charge < -0.3 is 5.11 Å². The summed E-state index contributed by atoms with van der Waals surface area (Å²) in [6.45, 7) is 7.03. The smallest absolute Gasteiger partial charge is 0.0648 e. The van der Waals surface area contributed by atoms with Crippen molar-refractivity contribution < 1.29 is 5.11 Å². The molecule has 1 N–H and O–H groups in total. The lowest BCUT2D eigenvalue weighted by Crippen LogP contribution is -2.28. The zero-order valence-corrected chi connectivity index (χ0v) is 14.1. The van der Waals surface area contributed by atoms with Gasteiger partial charge in [0.1, 0.15) is 0 Å². The Morgan fingerprint density at radius 2 is 1.81 bits per heavy atom. The van der Waals surface area contributed by atoms with Gasteiger partial charge in [0.05, 0.1) is 5.60 Å². The number of hydrogen-bond acceptors (Lipinski definition) is 1. The van der Waals surface area contributed by atoms with E-state index in [1.165, 1.54) is 24.8 Å². The molecule has 118 valence electrons. The first-order valence-electron chi connectivity index (χ1n) is 8.65. The molecule has 0 aromatic heterocycles. The summed E-state index contributed by atoms with van der Waals surface area (Å²) in [5, 5.41) is 10.9. The lowest BCUT2D eigenvalue weighted by Gasteiger charge is -2.31. The molecule has 0 spiro atoms. The zero-order chi connectivity index (χ0) is 15.3. The van der Waals surface area contributed by atoms with Crippen LogP contribution in [-0.4, -0.2) is 10.7 Å². The molecule has 0 bridgehead atoms. The van der Waals surface area contributed by atoms with Gasteiger partial charge in [0.15, 0.2) is 0 Å². The maximum atomic E-state index is 10.9. The minimum atomic E-state index is -0.408. The first kappa shape index (κ1) is 16.5. The average Bonchev–Trinajstić information content (AvgIpc) is 2.62. The molecule has 1 aliphatic rings. The number of rotatable bonds is 4. The van der Waals surface area contributed by atoms with E-state index in [1.807, 2.05) is 0 Å². The van der Waals surface area contributed by atoms with Gasteiger partial charge in [0, 0.05) is 0 Å². The van der Waals surface area contributed by atoms with Crippen molar-refractivity contribution in [2.45, 2.75) is 77.7 Å². The molecule has 0 aliphatic heterocycles. The summed E-state index contributed by atoms with van der Waals surface area (Å²) in [5.41, 5.74) is 1.37. The van der Waals surface area contributed by atoms with Crippen LogP contribution < -0.4 is 0 Å². The Hall–Kier alpha value is -0.820. The fourth-order valence-corrected chi connectivity index (χ4v) is 3.77. The third-order valence-electron chi connectivity index (χ3n) is 5.33. The second-order valence-corrected chi connectivity index (χ2v) is 8.06. The summed E-state index contributed by atoms with van der Waals surface area (Å²) in [5.74, 6) is 0.764. The molecule has 1 aromatic rings. The molecule has 0 radical (unpaired) electrons. The van der Waals surface area contributed by atoms with E-state index < -0.39 is 5.60 Å². The highest BCUT2D eigenvalue weighted by atomic mass is 16.3. The number of aryl methyl sites for hydroxylation is 1. The van der Waals surface area contributed by atoms with Gasteiger partial charge in [-0.25, -0.2) is 0 Å². The Morgan fingerprint density at radius 1 is 1.10 bits per heavy atom. The van der Waals surface area contributed by atoms with Crippen molar-refractivity contribution in [2.75, 3.05) is 0 Å². The maximum Gasteiger partial charge on any atom is 0.0648 e. The van der Waals surface area contributed by atoms with E-state index in [0.717, 1.165) is 38.0 Å². The topological polar surface area (TPSA) is 20.2 Å². The molecule has 1 fully saturated rings. The largest absolute Gasteiger partial charge is 0.390 e. The van der Waals surface area contributed by atoms with Gasteiger partial charge in [0.25, 0.3) is 0 Å². The van der Waals surface area contributed by atoms with Crippen LogP contribution in [0.15, 0.2) is 30.3 Å². The Labute approximate surface area is 130 Å². The third kappa shape index (κ3) is 5.14. The molecule has 1 aliphatic carbocycles. The van der Waals surface area contributed by atoms with Crippen molar-refractivity contribution in [1.82, 2.24) is 0 Å². The van der Waals surface area contributed by atoms with Crippen LogP contribution in [0.3, 0.4) is 0 Å². The molecule has 2 atom stereocenters. The van der Waals surface area contributed by atoms with Crippen molar-refractivity contribution in [3.05, 3.63) is 35.9 Å². The Balaban J connectivity index is 1.82. The molecular weight excluding hydrogens is 256 g/mol. The predicted molar refractivity (Wildman–Crippen MR) is 90.4 cm³/mol. The van der Waals surface area contributed by atoms with Gasteiger partial charge in [-0.15, -0.1) is 0 Å². The minimum absolute atomic E-state index is 0.384. The standard InChI is InChI=1S/C20H32O/c1-19(2,3)18-12-8-15-20(21,16-13-18)14-7-11-17-9-5-4-6-10-17/h4-6,9-10,18,21H,7-8,11-16H2,1-3H3. The highest BCUT2D eigenvalue weighted by Gasteiger charge is 2.34. The van der Waals surface area contributed by atoms with E-state index in [4.69, 9.17) is 0 Å². The second-order valence-electron chi connectivity index (χ2n) is 8.06. The Morgan fingerprint density at radius 3 is 2.48 bits per heavy atom. The highest BCUT2D eigenvalue weighted by molar-refractivity contribution is 5.14. The molecule has 2 rings (SSSR count). The average molecular weight is 288 g/mol. The van der Waals surface area contributed by atoms with Gasteiger partial charge >= 0.3 is 0 Å². The lowest BCUT2D eigenvalue weighted by atomic mass is 9.76. The summed E-state index contributed by atoms with van der Waals surface area (Å²) in [6, 6.07) is 10.6. The van der Waals surface area contributed by atoms with Crippen molar-refractivity contribution in [3.63, 3.8) is 0 Å². The molecular formula is C20H32O. The molecule has 1 aromatic carbocycles. The third-order valence-corrected chi connectivity index (χ3v) is 5.33. The van der Waals surface area contributed by atoms with Crippen LogP contribution in [0.2, 0.25) is 0 Å². The van der Waals surface area contributed by atoms with Crippen LogP contribution in [0, 0.1) is 11.3 Å². The summed E-state index contributed by atoms with van der Waals surface area (Å²) >= 11 is 0. The van der Waals surface area contributed by atoms with E-state index in [2.05, 4.69) is 51.1 Å². The van der Waals surface area contributed by atoms with Crippen LogP contribution >= 0.6 is 0 Å². The molecule has 2 unspecified atom stereocenters. The number of aliphatic hydroxyl groups is 1. The Bertz CT molecular complexity index is 417. The van der Waals surface area contributed by atoms with Crippen molar-refractivity contribution in [1.29, 1.82) is 0 Å². The van der Waals surface area contributed by atoms with E-state index in [0.29, 0.717) is 5.41 Å². The monoisotopic (exact) mass is 288 g/mol. The maximum absolute atomic E-state index is 10.9. The number of benzene rings is 1. The molecule has 0 saturated heterocycles. The molecule has 1 saturated carbocycles. The lowest BCUT2D eigenvalue weighted by molar-refractivity contribution is 0.0122. The van der Waals surface area contributed by atoms with Crippen molar-refractivity contribution >= 4 is 0 Å². The van der Waals surface area contributed by atoms with E-state index in [9.17, 15) is 5.11 Å². The summed E-state index contributed by atoms with van der Waals surface area (Å²) < 4.78 is 0. The summed E-state index contributed by atoms with van der Waals surface area (Å²) in [6.07, 6.45) is 8.78. The SMILES string of the molecule is CC(C)(C)C1CCCC(O)(CCCc2ccccc2)CC1. The van der Waals surface area contributed by atoms with Crippen LogP contribution in [-0.2, 0) is 6.42 Å². The molecule has 1 nitrogen and oxygen atoms in total. The zero-order valence-electron chi connectivity index (χ0n) is 14.1. The van der Waals surface area contributed by atoms with Gasteiger partial charge in [-0.3, -0.25) is 0 Å². The van der Waals surface area contributed by atoms with Crippen molar-refractivity contribution in [3.8, 4) is 0 Å². The quantitative estimate of drug-likeness (QED) is 0.739. The van der Waals surface area contributed by atoms with Gasteiger partial charge in [-0.2, -0.15) is 0 Å². The first-order chi connectivity index (χ1) is 9.89. The fraction of sp³-hybridized carbons (Fsp3) is 0.700. The highest BCUT2D eigenvalue weighted by Crippen LogP contribution is 2.41. The van der Waals surface area contributed by atoms with Crippen molar-refractivity contribution in [2.24, 2.45) is 11.3 Å². The molecule has 0 heterocycles. The van der Waals surface area contributed by atoms with Crippen LogP contribution in [0.25, 0.3) is 0 Å². The minimum Gasteiger partial charge on any atom is -0.390 e. The van der Waals surface area contributed by atoms with E-state index in [1.54, 1.807) is 0 Å². The fourth-order valence-electron chi connectivity index (χ4n) is 3.77. The summed E-state index contributed by atoms with van der Waals surface area (Å²) in [7, 11) is 0. The molecule has 21 heavy (non-hydrogen) atoms. The first-order valence-corrected chi connectivity index (χ1v) is 8.65. The Kier molecular flexibility index (Phi) is 5.48. The number of hydrogen-bond donors (Lipinski definition) is 1. The predicted octanol–water partition coefficient (Wildman–Crippen LogP) is 5.37. The van der Waals surface area contributed by atoms with Crippen LogP contribution in [0.1, 0.15) is 71.3 Å². The molecule has 1 heteroatoms. The van der Waals surface area contributed by atoms with Gasteiger partial charge in [-0.1, -0.05) is 57.5 Å². The second kappa shape index (κ2) is 6.96. The van der Waals surface area contributed by atoms with Gasteiger partial charge in [0.2, 0.25) is 0 Å². The normalized spacial score (nSPS) is 27.3. The van der Waals surface area contributed by atoms with Crippen LogP contribution in [0.5, 0.6) is 0 Å². The van der Waals surface area contributed by atoms with Gasteiger partial charge in [-0.05, 0) is 61.8 Å². The van der Waals surface area contributed by atoms with E-state index in [-0.39, 0.29) is 0 Å².